The van der Waals surface area contributed by atoms with Crippen molar-refractivity contribution in [2.24, 2.45) is 5.10 Å². The Labute approximate surface area is 198 Å². The lowest BCUT2D eigenvalue weighted by Crippen LogP contribution is -2.34. The third kappa shape index (κ3) is 7.80. The molecular formula is C25H23N3O5S. The van der Waals surface area contributed by atoms with Gasteiger partial charge in [0.1, 0.15) is 5.75 Å². The van der Waals surface area contributed by atoms with Crippen LogP contribution in [0.2, 0.25) is 0 Å². The van der Waals surface area contributed by atoms with E-state index in [1.165, 1.54) is 24.4 Å². The molecule has 1 amide bonds. The van der Waals surface area contributed by atoms with E-state index in [1.807, 2.05) is 37.3 Å². The summed E-state index contributed by atoms with van der Waals surface area (Å²) >= 11 is 0. The highest BCUT2D eigenvalue weighted by Crippen LogP contribution is 2.12. The minimum absolute atomic E-state index is 0.0748. The fraction of sp³-hybridized carbons (Fsp3) is 0.0800. The molecule has 9 heteroatoms. The maximum Gasteiger partial charge on any atom is 0.336 e. The van der Waals surface area contributed by atoms with Gasteiger partial charge in [0.05, 0.1) is 17.7 Å². The first-order valence-electron chi connectivity index (χ1n) is 10.2. The van der Waals surface area contributed by atoms with Crippen molar-refractivity contribution in [3.8, 4) is 5.75 Å². The number of carbonyl (C=O) groups excluding carboxylic acids is 2. The summed E-state index contributed by atoms with van der Waals surface area (Å²) < 4.78 is 31.8. The second-order valence-electron chi connectivity index (χ2n) is 7.16. The third-order valence-corrected chi connectivity index (χ3v) is 5.88. The van der Waals surface area contributed by atoms with Gasteiger partial charge in [0.2, 0.25) is 10.0 Å². The molecular weight excluding hydrogens is 454 g/mol. The van der Waals surface area contributed by atoms with Gasteiger partial charge >= 0.3 is 5.97 Å². The fourth-order valence-electron chi connectivity index (χ4n) is 2.68. The highest BCUT2D eigenvalue weighted by atomic mass is 32.2. The zero-order valence-electron chi connectivity index (χ0n) is 18.3. The number of rotatable bonds is 9. The van der Waals surface area contributed by atoms with E-state index >= 15 is 0 Å². The molecule has 0 aliphatic rings. The van der Waals surface area contributed by atoms with Gasteiger partial charge in [-0.2, -0.15) is 5.10 Å². The van der Waals surface area contributed by atoms with E-state index in [9.17, 15) is 18.0 Å². The topological polar surface area (TPSA) is 114 Å². The molecule has 2 N–H and O–H groups in total. The van der Waals surface area contributed by atoms with Gasteiger partial charge in [0.15, 0.2) is 0 Å². The Bertz CT molecular complexity index is 1280. The molecule has 174 valence electrons. The molecule has 0 heterocycles. The van der Waals surface area contributed by atoms with Crippen molar-refractivity contribution in [3.63, 3.8) is 0 Å². The first-order valence-corrected chi connectivity index (χ1v) is 11.7. The number of esters is 1. The average Bonchev–Trinajstić information content (AvgIpc) is 2.84. The van der Waals surface area contributed by atoms with Crippen LogP contribution in [0.15, 0.2) is 94.9 Å². The molecule has 0 saturated heterocycles. The van der Waals surface area contributed by atoms with E-state index in [-0.39, 0.29) is 4.90 Å². The summed E-state index contributed by atoms with van der Waals surface area (Å²) in [4.78, 5) is 23.9. The Morgan fingerprint density at radius 2 is 1.59 bits per heavy atom. The van der Waals surface area contributed by atoms with E-state index in [0.29, 0.717) is 11.3 Å². The summed E-state index contributed by atoms with van der Waals surface area (Å²) in [6, 6.07) is 22.1. The molecule has 3 aromatic rings. The second kappa shape index (κ2) is 11.7. The van der Waals surface area contributed by atoms with Crippen LogP contribution in [0.3, 0.4) is 0 Å². The quantitative estimate of drug-likeness (QED) is 0.162. The minimum atomic E-state index is -3.79. The number of sulfonamides is 1. The predicted molar refractivity (Wildman–Crippen MR) is 130 cm³/mol. The zero-order chi connectivity index (χ0) is 24.4. The largest absolute Gasteiger partial charge is 0.423 e. The van der Waals surface area contributed by atoms with Crippen molar-refractivity contribution in [2.75, 3.05) is 6.54 Å². The van der Waals surface area contributed by atoms with E-state index in [2.05, 4.69) is 15.2 Å². The maximum atomic E-state index is 12.2. The Kier molecular flexibility index (Phi) is 8.44. The number of amides is 1. The normalized spacial score (nSPS) is 11.6. The summed E-state index contributed by atoms with van der Waals surface area (Å²) in [5.74, 6) is -0.775. The molecule has 0 fully saturated rings. The molecule has 0 atom stereocenters. The molecule has 34 heavy (non-hydrogen) atoms. The van der Waals surface area contributed by atoms with Gasteiger partial charge in [0, 0.05) is 6.08 Å². The van der Waals surface area contributed by atoms with Crippen LogP contribution in [0.5, 0.6) is 5.75 Å². The van der Waals surface area contributed by atoms with Gasteiger partial charge in [-0.1, -0.05) is 48.0 Å². The Hall–Kier alpha value is -4.08. The Morgan fingerprint density at radius 3 is 2.26 bits per heavy atom. The van der Waals surface area contributed by atoms with Crippen LogP contribution in [0.25, 0.3) is 6.08 Å². The molecule has 3 rings (SSSR count). The van der Waals surface area contributed by atoms with E-state index in [1.54, 1.807) is 42.5 Å². The number of hydrogen-bond donors (Lipinski definition) is 2. The van der Waals surface area contributed by atoms with E-state index in [4.69, 9.17) is 4.74 Å². The highest BCUT2D eigenvalue weighted by Gasteiger charge is 2.14. The fourth-order valence-corrected chi connectivity index (χ4v) is 3.66. The Balaban J connectivity index is 1.44. The van der Waals surface area contributed by atoms with Crippen LogP contribution in [0.1, 0.15) is 16.7 Å². The zero-order valence-corrected chi connectivity index (χ0v) is 19.2. The van der Waals surface area contributed by atoms with Gasteiger partial charge < -0.3 is 4.74 Å². The van der Waals surface area contributed by atoms with Crippen molar-refractivity contribution in [1.29, 1.82) is 0 Å². The number of hydrazone groups is 1. The molecule has 0 saturated carbocycles. The molecule has 3 aromatic carbocycles. The first-order chi connectivity index (χ1) is 16.3. The minimum Gasteiger partial charge on any atom is -0.423 e. The number of ether oxygens (including phenoxy) is 1. The highest BCUT2D eigenvalue weighted by molar-refractivity contribution is 7.89. The lowest BCUT2D eigenvalue weighted by molar-refractivity contribution is -0.129. The number of nitrogens with zero attached hydrogens (tertiary/aromatic N) is 1. The third-order valence-electron chi connectivity index (χ3n) is 4.47. The van der Waals surface area contributed by atoms with Crippen molar-refractivity contribution in [1.82, 2.24) is 10.1 Å². The van der Waals surface area contributed by atoms with Gasteiger partial charge in [-0.25, -0.2) is 23.4 Å². The van der Waals surface area contributed by atoms with Crippen molar-refractivity contribution in [2.45, 2.75) is 11.8 Å². The van der Waals surface area contributed by atoms with Gasteiger partial charge in [-0.05, 0) is 60.5 Å². The standard InChI is InChI=1S/C25H23N3O5S/c1-19-7-14-23(15-8-19)34(31,32)27-18-24(29)28-26-17-21-9-12-22(13-10-21)33-25(30)16-11-20-5-3-2-4-6-20/h2-17,27H,18H2,1H3,(H,28,29)/b16-11+,26-17-. The molecule has 0 aliphatic carbocycles. The molecule has 0 radical (unpaired) electrons. The van der Waals surface area contributed by atoms with Crippen molar-refractivity contribution < 1.29 is 22.7 Å². The summed E-state index contributed by atoms with van der Waals surface area (Å²) in [5, 5.41) is 3.80. The monoisotopic (exact) mass is 477 g/mol. The summed E-state index contributed by atoms with van der Waals surface area (Å²) in [7, 11) is -3.79. The number of aryl methyl sites for hydroxylation is 1. The van der Waals surface area contributed by atoms with Crippen LogP contribution in [0, 0.1) is 6.92 Å². The lowest BCUT2D eigenvalue weighted by Gasteiger charge is -2.06. The maximum absolute atomic E-state index is 12.2. The van der Waals surface area contributed by atoms with Crippen molar-refractivity contribution in [3.05, 3.63) is 102 Å². The van der Waals surface area contributed by atoms with Crippen LogP contribution in [-0.4, -0.2) is 33.1 Å². The van der Waals surface area contributed by atoms with Crippen LogP contribution >= 0.6 is 0 Å². The average molecular weight is 478 g/mol. The Morgan fingerprint density at radius 1 is 0.912 bits per heavy atom. The molecule has 8 nitrogen and oxygen atoms in total. The number of nitrogens with one attached hydrogen (secondary N) is 2. The lowest BCUT2D eigenvalue weighted by atomic mass is 10.2. The molecule has 0 unspecified atom stereocenters. The summed E-state index contributed by atoms with van der Waals surface area (Å²) in [5.41, 5.74) is 4.70. The predicted octanol–water partition coefficient (Wildman–Crippen LogP) is 3.04. The van der Waals surface area contributed by atoms with Gasteiger partial charge in [-0.3, -0.25) is 4.79 Å². The number of carbonyl (C=O) groups is 2. The SMILES string of the molecule is Cc1ccc(S(=O)(=O)NCC(=O)N/N=C\c2ccc(OC(=O)/C=C/c3ccccc3)cc2)cc1. The molecule has 0 bridgehead atoms. The second-order valence-corrected chi connectivity index (χ2v) is 8.93. The molecule has 0 aliphatic heterocycles. The van der Waals surface area contributed by atoms with Crippen molar-refractivity contribution >= 4 is 34.2 Å². The van der Waals surface area contributed by atoms with Crippen LogP contribution < -0.4 is 14.9 Å². The van der Waals surface area contributed by atoms with Crippen LogP contribution in [-0.2, 0) is 19.6 Å². The summed E-state index contributed by atoms with van der Waals surface area (Å²) in [6.07, 6.45) is 4.38. The van der Waals surface area contributed by atoms with E-state index in [0.717, 1.165) is 11.1 Å². The number of hydrogen-bond acceptors (Lipinski definition) is 6. The summed E-state index contributed by atoms with van der Waals surface area (Å²) in [6.45, 7) is 1.39. The smallest absolute Gasteiger partial charge is 0.336 e. The number of benzene rings is 3. The van der Waals surface area contributed by atoms with Gasteiger partial charge in [-0.15, -0.1) is 0 Å². The van der Waals surface area contributed by atoms with Crippen LogP contribution in [0.4, 0.5) is 0 Å². The molecule has 0 aromatic heterocycles. The van der Waals surface area contributed by atoms with Gasteiger partial charge in [0.25, 0.3) is 5.91 Å². The molecule has 0 spiro atoms. The van der Waals surface area contributed by atoms with E-state index < -0.39 is 28.4 Å². The first kappa shape index (κ1) is 24.6.